The zero-order valence-electron chi connectivity index (χ0n) is 7.89. The summed E-state index contributed by atoms with van der Waals surface area (Å²) in [5, 5.41) is 4.10. The van der Waals surface area contributed by atoms with Crippen molar-refractivity contribution >= 4 is 27.5 Å². The number of halogens is 2. The summed E-state index contributed by atoms with van der Waals surface area (Å²) < 4.78 is 1.06. The van der Waals surface area contributed by atoms with Crippen LogP contribution in [-0.4, -0.2) is 6.54 Å². The molecule has 0 fully saturated rings. The second-order valence-electron chi connectivity index (χ2n) is 2.99. The molecule has 0 saturated carbocycles. The van der Waals surface area contributed by atoms with E-state index in [1.807, 2.05) is 24.3 Å². The number of benzene rings is 1. The molecule has 0 amide bonds. The van der Waals surface area contributed by atoms with E-state index >= 15 is 0 Å². The SMILES string of the molecule is C=CCCNCc1cc(Br)ccc1Cl. The van der Waals surface area contributed by atoms with E-state index in [1.165, 1.54) is 0 Å². The number of rotatable bonds is 5. The maximum atomic E-state index is 6.03. The van der Waals surface area contributed by atoms with Crippen LogP contribution in [0.2, 0.25) is 5.02 Å². The summed E-state index contributed by atoms with van der Waals surface area (Å²) in [6.07, 6.45) is 2.88. The van der Waals surface area contributed by atoms with Gasteiger partial charge in [-0.1, -0.05) is 33.6 Å². The van der Waals surface area contributed by atoms with Crippen molar-refractivity contribution in [2.24, 2.45) is 0 Å². The minimum Gasteiger partial charge on any atom is -0.312 e. The third-order valence-corrected chi connectivity index (χ3v) is 2.71. The molecule has 1 N–H and O–H groups in total. The molecule has 0 aliphatic heterocycles. The average Bonchev–Trinajstić information content (AvgIpc) is 2.18. The standard InChI is InChI=1S/C11H13BrClN/c1-2-3-6-14-8-9-7-10(12)4-5-11(9)13/h2,4-5,7,14H,1,3,6,8H2. The van der Waals surface area contributed by atoms with Crippen LogP contribution in [0.5, 0.6) is 0 Å². The van der Waals surface area contributed by atoms with Gasteiger partial charge in [-0.05, 0) is 36.7 Å². The van der Waals surface area contributed by atoms with Gasteiger partial charge in [-0.15, -0.1) is 6.58 Å². The van der Waals surface area contributed by atoms with Crippen molar-refractivity contribution in [3.05, 3.63) is 45.9 Å². The molecule has 76 valence electrons. The molecule has 1 aromatic carbocycles. The predicted octanol–water partition coefficient (Wildman–Crippen LogP) is 3.77. The summed E-state index contributed by atoms with van der Waals surface area (Å²) >= 11 is 9.44. The Balaban J connectivity index is 2.49. The quantitative estimate of drug-likeness (QED) is 0.637. The molecule has 1 aromatic rings. The van der Waals surface area contributed by atoms with Crippen molar-refractivity contribution in [1.82, 2.24) is 5.32 Å². The third kappa shape index (κ3) is 3.82. The first-order chi connectivity index (χ1) is 6.74. The van der Waals surface area contributed by atoms with E-state index in [9.17, 15) is 0 Å². The molecule has 3 heteroatoms. The van der Waals surface area contributed by atoms with E-state index in [0.29, 0.717) is 0 Å². The van der Waals surface area contributed by atoms with Crippen molar-refractivity contribution in [3.8, 4) is 0 Å². The van der Waals surface area contributed by atoms with Crippen molar-refractivity contribution in [2.75, 3.05) is 6.54 Å². The van der Waals surface area contributed by atoms with Gasteiger partial charge in [0.15, 0.2) is 0 Å². The van der Waals surface area contributed by atoms with Crippen molar-refractivity contribution in [2.45, 2.75) is 13.0 Å². The molecule has 0 aliphatic rings. The van der Waals surface area contributed by atoms with Gasteiger partial charge in [-0.25, -0.2) is 0 Å². The monoisotopic (exact) mass is 273 g/mol. The largest absolute Gasteiger partial charge is 0.312 e. The second-order valence-corrected chi connectivity index (χ2v) is 4.31. The first kappa shape index (κ1) is 11.8. The minimum absolute atomic E-state index is 0.798. The van der Waals surface area contributed by atoms with Crippen molar-refractivity contribution in [1.29, 1.82) is 0 Å². The lowest BCUT2D eigenvalue weighted by atomic mass is 10.2. The molecule has 0 heterocycles. The molecule has 0 radical (unpaired) electrons. The van der Waals surface area contributed by atoms with Gasteiger partial charge in [0.2, 0.25) is 0 Å². The van der Waals surface area contributed by atoms with Gasteiger partial charge < -0.3 is 5.32 Å². The number of hydrogen-bond acceptors (Lipinski definition) is 1. The van der Waals surface area contributed by atoms with E-state index in [2.05, 4.69) is 27.8 Å². The smallest absolute Gasteiger partial charge is 0.0451 e. The Morgan fingerprint density at radius 3 is 3.00 bits per heavy atom. The fraction of sp³-hybridized carbons (Fsp3) is 0.273. The molecule has 0 atom stereocenters. The van der Waals surface area contributed by atoms with Gasteiger partial charge in [-0.3, -0.25) is 0 Å². The molecular formula is C11H13BrClN. The molecule has 0 aromatic heterocycles. The van der Waals surface area contributed by atoms with Crippen LogP contribution in [0.15, 0.2) is 35.3 Å². The van der Waals surface area contributed by atoms with Gasteiger partial charge in [0.05, 0.1) is 0 Å². The Morgan fingerprint density at radius 1 is 1.50 bits per heavy atom. The number of nitrogens with one attached hydrogen (secondary N) is 1. The molecule has 0 bridgehead atoms. The third-order valence-electron chi connectivity index (χ3n) is 1.85. The lowest BCUT2D eigenvalue weighted by Gasteiger charge is -2.05. The summed E-state index contributed by atoms with van der Waals surface area (Å²) in [5.74, 6) is 0. The zero-order chi connectivity index (χ0) is 10.4. The molecule has 0 spiro atoms. The maximum Gasteiger partial charge on any atom is 0.0451 e. The molecular weight excluding hydrogens is 261 g/mol. The minimum atomic E-state index is 0.798. The van der Waals surface area contributed by atoms with E-state index in [0.717, 1.165) is 34.6 Å². The summed E-state index contributed by atoms with van der Waals surface area (Å²) in [5.41, 5.74) is 1.12. The van der Waals surface area contributed by atoms with Gasteiger partial charge >= 0.3 is 0 Å². The first-order valence-corrected chi connectivity index (χ1v) is 5.66. The molecule has 1 nitrogen and oxygen atoms in total. The van der Waals surface area contributed by atoms with E-state index in [4.69, 9.17) is 11.6 Å². The highest BCUT2D eigenvalue weighted by atomic mass is 79.9. The van der Waals surface area contributed by atoms with E-state index in [-0.39, 0.29) is 0 Å². The van der Waals surface area contributed by atoms with Crippen LogP contribution >= 0.6 is 27.5 Å². The maximum absolute atomic E-state index is 6.03. The average molecular weight is 275 g/mol. The molecule has 0 aliphatic carbocycles. The first-order valence-electron chi connectivity index (χ1n) is 4.49. The normalized spacial score (nSPS) is 10.1. The molecule has 0 unspecified atom stereocenters. The Bertz CT molecular complexity index is 312. The Hall–Kier alpha value is -0.310. The van der Waals surface area contributed by atoms with Crippen LogP contribution in [0.25, 0.3) is 0 Å². The van der Waals surface area contributed by atoms with Crippen LogP contribution in [0.4, 0.5) is 0 Å². The highest BCUT2D eigenvalue weighted by Crippen LogP contribution is 2.20. The zero-order valence-corrected chi connectivity index (χ0v) is 10.2. The van der Waals surface area contributed by atoms with E-state index in [1.54, 1.807) is 0 Å². The van der Waals surface area contributed by atoms with Gasteiger partial charge in [0, 0.05) is 16.0 Å². The van der Waals surface area contributed by atoms with Crippen molar-refractivity contribution in [3.63, 3.8) is 0 Å². The fourth-order valence-electron chi connectivity index (χ4n) is 1.11. The topological polar surface area (TPSA) is 12.0 Å². The second kappa shape index (κ2) is 6.23. The van der Waals surface area contributed by atoms with Gasteiger partial charge in [0.25, 0.3) is 0 Å². The lowest BCUT2D eigenvalue weighted by Crippen LogP contribution is -2.14. The lowest BCUT2D eigenvalue weighted by molar-refractivity contribution is 0.696. The van der Waals surface area contributed by atoms with Crippen LogP contribution in [0.1, 0.15) is 12.0 Å². The summed E-state index contributed by atoms with van der Waals surface area (Å²) in [6, 6.07) is 5.87. The molecule has 1 rings (SSSR count). The summed E-state index contributed by atoms with van der Waals surface area (Å²) in [6.45, 7) is 5.40. The van der Waals surface area contributed by atoms with Crippen LogP contribution in [-0.2, 0) is 6.54 Å². The Morgan fingerprint density at radius 2 is 2.29 bits per heavy atom. The van der Waals surface area contributed by atoms with Crippen LogP contribution in [0, 0.1) is 0 Å². The van der Waals surface area contributed by atoms with Crippen molar-refractivity contribution < 1.29 is 0 Å². The fourth-order valence-corrected chi connectivity index (χ4v) is 1.70. The number of hydrogen-bond donors (Lipinski definition) is 1. The van der Waals surface area contributed by atoms with Gasteiger partial charge in [-0.2, -0.15) is 0 Å². The highest BCUT2D eigenvalue weighted by molar-refractivity contribution is 9.10. The van der Waals surface area contributed by atoms with E-state index < -0.39 is 0 Å². The highest BCUT2D eigenvalue weighted by Gasteiger charge is 1.99. The summed E-state index contributed by atoms with van der Waals surface area (Å²) in [4.78, 5) is 0. The predicted molar refractivity (Wildman–Crippen MR) is 65.7 cm³/mol. The molecule has 0 saturated heterocycles. The van der Waals surface area contributed by atoms with Crippen LogP contribution < -0.4 is 5.32 Å². The Labute approximate surface area is 98.3 Å². The Kier molecular flexibility index (Phi) is 5.23. The molecule has 14 heavy (non-hydrogen) atoms. The summed E-state index contributed by atoms with van der Waals surface area (Å²) in [7, 11) is 0. The van der Waals surface area contributed by atoms with Crippen LogP contribution in [0.3, 0.4) is 0 Å². The van der Waals surface area contributed by atoms with Gasteiger partial charge in [0.1, 0.15) is 0 Å².